The standard InChI is InChI=1S/C17H21N3OS.ClH/c1-11-5-3-4-6-13(11)17-20-15(10-22-17)16(21)19-14-7-8-18-9-12(14)2;/h3-6,10,12,14,18H,7-9H2,1-2H3,(H,19,21);1H. The summed E-state index contributed by atoms with van der Waals surface area (Å²) in [7, 11) is 0. The fourth-order valence-electron chi connectivity index (χ4n) is 2.79. The Kier molecular flexibility index (Phi) is 6.16. The number of piperidine rings is 1. The zero-order valence-corrected chi connectivity index (χ0v) is 15.0. The summed E-state index contributed by atoms with van der Waals surface area (Å²) in [5.41, 5.74) is 2.80. The van der Waals surface area contributed by atoms with E-state index in [1.807, 2.05) is 23.6 Å². The van der Waals surface area contributed by atoms with Crippen molar-refractivity contribution >= 4 is 29.7 Å². The Morgan fingerprint density at radius 2 is 2.17 bits per heavy atom. The van der Waals surface area contributed by atoms with E-state index in [1.165, 1.54) is 16.9 Å². The Bertz CT molecular complexity index is 673. The first-order chi connectivity index (χ1) is 10.6. The van der Waals surface area contributed by atoms with Gasteiger partial charge in [-0.2, -0.15) is 0 Å². The van der Waals surface area contributed by atoms with Gasteiger partial charge in [-0.15, -0.1) is 23.7 Å². The van der Waals surface area contributed by atoms with Crippen LogP contribution in [0.25, 0.3) is 10.6 Å². The van der Waals surface area contributed by atoms with Gasteiger partial charge in [0.25, 0.3) is 5.91 Å². The van der Waals surface area contributed by atoms with Gasteiger partial charge in [-0.1, -0.05) is 31.2 Å². The molecule has 3 rings (SSSR count). The van der Waals surface area contributed by atoms with E-state index in [-0.39, 0.29) is 24.4 Å². The number of carbonyl (C=O) groups excluding carboxylic acids is 1. The highest BCUT2D eigenvalue weighted by molar-refractivity contribution is 7.13. The molecule has 1 saturated heterocycles. The molecule has 2 N–H and O–H groups in total. The van der Waals surface area contributed by atoms with Crippen LogP contribution in [0.3, 0.4) is 0 Å². The molecule has 1 amide bonds. The molecular formula is C17H22ClN3OS. The predicted molar refractivity (Wildman–Crippen MR) is 97.4 cm³/mol. The SMILES string of the molecule is Cc1ccccc1-c1nc(C(=O)NC2CCNCC2C)cs1.Cl. The smallest absolute Gasteiger partial charge is 0.271 e. The maximum atomic E-state index is 12.4. The van der Waals surface area contributed by atoms with Gasteiger partial charge in [0.2, 0.25) is 0 Å². The third-order valence-corrected chi connectivity index (χ3v) is 5.09. The number of aryl methyl sites for hydroxylation is 1. The first-order valence-electron chi connectivity index (χ1n) is 7.68. The molecule has 2 atom stereocenters. The van der Waals surface area contributed by atoms with E-state index in [9.17, 15) is 4.79 Å². The van der Waals surface area contributed by atoms with Crippen molar-refractivity contribution in [1.29, 1.82) is 0 Å². The third kappa shape index (κ3) is 4.10. The van der Waals surface area contributed by atoms with Gasteiger partial charge in [0, 0.05) is 17.0 Å². The van der Waals surface area contributed by atoms with Crippen LogP contribution in [-0.4, -0.2) is 30.0 Å². The van der Waals surface area contributed by atoms with Crippen LogP contribution in [0.15, 0.2) is 29.6 Å². The van der Waals surface area contributed by atoms with Crippen LogP contribution < -0.4 is 10.6 Å². The van der Waals surface area contributed by atoms with Crippen LogP contribution >= 0.6 is 23.7 Å². The molecule has 0 aliphatic carbocycles. The lowest BCUT2D eigenvalue weighted by atomic mass is 9.95. The van der Waals surface area contributed by atoms with Gasteiger partial charge in [-0.3, -0.25) is 4.79 Å². The summed E-state index contributed by atoms with van der Waals surface area (Å²) in [6.07, 6.45) is 0.974. The van der Waals surface area contributed by atoms with Gasteiger partial charge in [0.1, 0.15) is 10.7 Å². The number of carbonyl (C=O) groups is 1. The Balaban J connectivity index is 0.00000192. The van der Waals surface area contributed by atoms with Crippen molar-refractivity contribution in [2.24, 2.45) is 5.92 Å². The second-order valence-corrected chi connectivity index (χ2v) is 6.76. The third-order valence-electron chi connectivity index (χ3n) is 4.21. The number of hydrogen-bond acceptors (Lipinski definition) is 4. The van der Waals surface area contributed by atoms with Crippen molar-refractivity contribution in [3.05, 3.63) is 40.9 Å². The molecule has 1 aliphatic heterocycles. The van der Waals surface area contributed by atoms with Gasteiger partial charge in [-0.25, -0.2) is 4.98 Å². The highest BCUT2D eigenvalue weighted by Crippen LogP contribution is 2.26. The summed E-state index contributed by atoms with van der Waals surface area (Å²) in [5, 5.41) is 9.23. The van der Waals surface area contributed by atoms with Crippen LogP contribution in [0.5, 0.6) is 0 Å². The minimum Gasteiger partial charge on any atom is -0.348 e. The normalized spacial score (nSPS) is 20.6. The summed E-state index contributed by atoms with van der Waals surface area (Å²) < 4.78 is 0. The molecule has 0 radical (unpaired) electrons. The molecule has 0 saturated carbocycles. The van der Waals surface area contributed by atoms with Crippen LogP contribution in [0.1, 0.15) is 29.4 Å². The molecule has 6 heteroatoms. The molecule has 0 spiro atoms. The van der Waals surface area contributed by atoms with E-state index in [2.05, 4.69) is 35.5 Å². The maximum absolute atomic E-state index is 12.4. The van der Waals surface area contributed by atoms with Gasteiger partial charge in [0.05, 0.1) is 0 Å². The average molecular weight is 352 g/mol. The molecule has 2 unspecified atom stereocenters. The Labute approximate surface area is 147 Å². The number of rotatable bonds is 3. The van der Waals surface area contributed by atoms with Gasteiger partial charge in [-0.05, 0) is 37.9 Å². The Morgan fingerprint density at radius 3 is 2.91 bits per heavy atom. The van der Waals surface area contributed by atoms with Crippen molar-refractivity contribution in [3.63, 3.8) is 0 Å². The molecule has 1 fully saturated rings. The summed E-state index contributed by atoms with van der Waals surface area (Å²) in [6.45, 7) is 6.14. The number of benzene rings is 1. The van der Waals surface area contributed by atoms with E-state index in [1.54, 1.807) is 0 Å². The van der Waals surface area contributed by atoms with Crippen LogP contribution in [-0.2, 0) is 0 Å². The first kappa shape index (κ1) is 17.9. The second-order valence-electron chi connectivity index (χ2n) is 5.90. The molecule has 124 valence electrons. The Morgan fingerprint density at radius 1 is 1.39 bits per heavy atom. The largest absolute Gasteiger partial charge is 0.348 e. The van der Waals surface area contributed by atoms with Crippen molar-refractivity contribution in [2.45, 2.75) is 26.3 Å². The number of nitrogens with zero attached hydrogens (tertiary/aromatic N) is 1. The molecular weight excluding hydrogens is 330 g/mol. The maximum Gasteiger partial charge on any atom is 0.271 e. The van der Waals surface area contributed by atoms with Crippen LogP contribution in [0.4, 0.5) is 0 Å². The van der Waals surface area contributed by atoms with E-state index >= 15 is 0 Å². The Hall–Kier alpha value is -1.43. The zero-order chi connectivity index (χ0) is 15.5. The minimum absolute atomic E-state index is 0. The molecule has 0 bridgehead atoms. The second kappa shape index (κ2) is 7.90. The van der Waals surface area contributed by atoms with Gasteiger partial charge >= 0.3 is 0 Å². The van der Waals surface area contributed by atoms with Gasteiger partial charge < -0.3 is 10.6 Å². The van der Waals surface area contributed by atoms with Gasteiger partial charge in [0.15, 0.2) is 0 Å². The number of thiazole rings is 1. The molecule has 23 heavy (non-hydrogen) atoms. The molecule has 1 aliphatic rings. The van der Waals surface area contributed by atoms with E-state index in [0.29, 0.717) is 11.6 Å². The first-order valence-corrected chi connectivity index (χ1v) is 8.56. The van der Waals surface area contributed by atoms with Crippen LogP contribution in [0, 0.1) is 12.8 Å². The van der Waals surface area contributed by atoms with Crippen molar-refractivity contribution in [3.8, 4) is 10.6 Å². The number of nitrogens with one attached hydrogen (secondary N) is 2. The predicted octanol–water partition coefficient (Wildman–Crippen LogP) is 3.27. The highest BCUT2D eigenvalue weighted by atomic mass is 35.5. The number of halogens is 1. The number of hydrogen-bond donors (Lipinski definition) is 2. The van der Waals surface area contributed by atoms with E-state index in [0.717, 1.165) is 30.1 Å². The average Bonchev–Trinajstić information content (AvgIpc) is 3.00. The lowest BCUT2D eigenvalue weighted by Crippen LogP contribution is -2.48. The summed E-state index contributed by atoms with van der Waals surface area (Å²) in [4.78, 5) is 16.9. The molecule has 1 aromatic carbocycles. The fourth-order valence-corrected chi connectivity index (χ4v) is 3.68. The molecule has 2 heterocycles. The topological polar surface area (TPSA) is 54.0 Å². The van der Waals surface area contributed by atoms with E-state index in [4.69, 9.17) is 0 Å². The van der Waals surface area contributed by atoms with Crippen LogP contribution in [0.2, 0.25) is 0 Å². The molecule has 4 nitrogen and oxygen atoms in total. The lowest BCUT2D eigenvalue weighted by Gasteiger charge is -2.29. The van der Waals surface area contributed by atoms with Crippen molar-refractivity contribution in [2.75, 3.05) is 13.1 Å². The monoisotopic (exact) mass is 351 g/mol. The molecule has 2 aromatic rings. The van der Waals surface area contributed by atoms with Crippen molar-refractivity contribution < 1.29 is 4.79 Å². The zero-order valence-electron chi connectivity index (χ0n) is 13.3. The van der Waals surface area contributed by atoms with E-state index < -0.39 is 0 Å². The molecule has 1 aromatic heterocycles. The minimum atomic E-state index is -0.0603. The lowest BCUT2D eigenvalue weighted by molar-refractivity contribution is 0.0910. The highest BCUT2D eigenvalue weighted by Gasteiger charge is 2.24. The summed E-state index contributed by atoms with van der Waals surface area (Å²) in [5.74, 6) is 0.391. The summed E-state index contributed by atoms with van der Waals surface area (Å²) >= 11 is 1.52. The quantitative estimate of drug-likeness (QED) is 0.892. The summed E-state index contributed by atoms with van der Waals surface area (Å²) in [6, 6.07) is 8.36. The number of amides is 1. The number of aromatic nitrogens is 1. The fraction of sp³-hybridized carbons (Fsp3) is 0.412. The van der Waals surface area contributed by atoms with Crippen molar-refractivity contribution in [1.82, 2.24) is 15.6 Å².